The first kappa shape index (κ1) is 18.5. The first-order valence-corrected chi connectivity index (χ1v) is 9.47. The molecule has 0 saturated heterocycles. The van der Waals surface area contributed by atoms with Gasteiger partial charge >= 0.3 is 0 Å². The molecule has 8 heteroatoms. The quantitative estimate of drug-likeness (QED) is 0.782. The van der Waals surface area contributed by atoms with Gasteiger partial charge in [0.2, 0.25) is 0 Å². The van der Waals surface area contributed by atoms with Crippen molar-refractivity contribution in [3.8, 4) is 5.75 Å². The standard InChI is InChI=1S/C20H24N4O4/c1-13-18-22-15(19(25)21-7-10-27-2)12-23(18)8-9-24(13)20(26)17-11-14-5-3-4-6-16(14)28-17/h3-6,12-13,17H,7-11H2,1-2H3,(H,21,25)/t13-,17+/m1/s1. The molecule has 8 nitrogen and oxygen atoms in total. The number of methoxy groups -OCH3 is 1. The maximum absolute atomic E-state index is 13.1. The van der Waals surface area contributed by atoms with Crippen LogP contribution >= 0.6 is 0 Å². The van der Waals surface area contributed by atoms with Gasteiger partial charge < -0.3 is 24.3 Å². The van der Waals surface area contributed by atoms with E-state index in [0.717, 1.165) is 11.3 Å². The van der Waals surface area contributed by atoms with E-state index in [1.54, 1.807) is 18.2 Å². The molecule has 4 rings (SSSR count). The number of carbonyl (C=O) groups excluding carboxylic acids is 2. The van der Waals surface area contributed by atoms with Crippen LogP contribution in [0.2, 0.25) is 0 Å². The topological polar surface area (TPSA) is 85.7 Å². The Morgan fingerprint density at radius 1 is 1.32 bits per heavy atom. The van der Waals surface area contributed by atoms with Gasteiger partial charge in [-0.2, -0.15) is 0 Å². The number of para-hydroxylation sites is 1. The number of fused-ring (bicyclic) bond motifs is 2. The van der Waals surface area contributed by atoms with E-state index < -0.39 is 6.10 Å². The number of aromatic nitrogens is 2. The second-order valence-corrected chi connectivity index (χ2v) is 7.05. The molecule has 0 radical (unpaired) electrons. The van der Waals surface area contributed by atoms with Crippen LogP contribution in [0.15, 0.2) is 30.5 Å². The summed E-state index contributed by atoms with van der Waals surface area (Å²) >= 11 is 0. The SMILES string of the molecule is COCCNC(=O)c1cn2c(n1)[C@@H](C)N(C(=O)[C@@H]1Cc3ccccc3O1)CC2. The number of ether oxygens (including phenoxy) is 2. The molecule has 2 aliphatic rings. The first-order chi connectivity index (χ1) is 13.6. The summed E-state index contributed by atoms with van der Waals surface area (Å²) in [4.78, 5) is 31.6. The third kappa shape index (κ3) is 3.35. The van der Waals surface area contributed by atoms with Crippen LogP contribution in [0, 0.1) is 0 Å². The molecule has 148 valence electrons. The number of carbonyl (C=O) groups is 2. The van der Waals surface area contributed by atoms with E-state index in [4.69, 9.17) is 9.47 Å². The minimum Gasteiger partial charge on any atom is -0.480 e. The van der Waals surface area contributed by atoms with Gasteiger partial charge in [0.05, 0.1) is 12.6 Å². The predicted octanol–water partition coefficient (Wildman–Crippen LogP) is 1.17. The van der Waals surface area contributed by atoms with Gasteiger partial charge in [-0.25, -0.2) is 4.98 Å². The van der Waals surface area contributed by atoms with Crippen LogP contribution in [0.25, 0.3) is 0 Å². The zero-order chi connectivity index (χ0) is 19.7. The summed E-state index contributed by atoms with van der Waals surface area (Å²) in [6.45, 7) is 3.97. The average molecular weight is 384 g/mol. The lowest BCUT2D eigenvalue weighted by atomic mass is 10.1. The highest BCUT2D eigenvalue weighted by Gasteiger charge is 2.37. The number of imidazole rings is 1. The van der Waals surface area contributed by atoms with Crippen molar-refractivity contribution in [1.29, 1.82) is 0 Å². The van der Waals surface area contributed by atoms with Gasteiger partial charge in [0.15, 0.2) is 6.10 Å². The molecule has 0 aliphatic carbocycles. The molecular weight excluding hydrogens is 360 g/mol. The molecule has 2 aromatic rings. The van der Waals surface area contributed by atoms with Crippen LogP contribution in [0.4, 0.5) is 0 Å². The van der Waals surface area contributed by atoms with Crippen molar-refractivity contribution >= 4 is 11.8 Å². The molecule has 1 N–H and O–H groups in total. The molecule has 0 unspecified atom stereocenters. The maximum Gasteiger partial charge on any atom is 0.271 e. The summed E-state index contributed by atoms with van der Waals surface area (Å²) in [5, 5.41) is 2.77. The second kappa shape index (κ2) is 7.63. The van der Waals surface area contributed by atoms with Crippen LogP contribution < -0.4 is 10.1 Å². The Morgan fingerprint density at radius 3 is 2.93 bits per heavy atom. The lowest BCUT2D eigenvalue weighted by Crippen LogP contribution is -2.47. The fraction of sp³-hybridized carbons (Fsp3) is 0.450. The van der Waals surface area contributed by atoms with Crippen molar-refractivity contribution in [2.45, 2.75) is 32.0 Å². The third-order valence-electron chi connectivity index (χ3n) is 5.26. The molecule has 1 aromatic heterocycles. The highest BCUT2D eigenvalue weighted by molar-refractivity contribution is 5.92. The second-order valence-electron chi connectivity index (χ2n) is 7.05. The molecule has 2 amide bonds. The zero-order valence-corrected chi connectivity index (χ0v) is 16.1. The van der Waals surface area contributed by atoms with Gasteiger partial charge in [0.25, 0.3) is 11.8 Å². The van der Waals surface area contributed by atoms with Crippen molar-refractivity contribution in [1.82, 2.24) is 19.8 Å². The van der Waals surface area contributed by atoms with E-state index in [-0.39, 0.29) is 17.9 Å². The maximum atomic E-state index is 13.1. The van der Waals surface area contributed by atoms with Crippen LogP contribution in [-0.2, 0) is 22.5 Å². The number of rotatable bonds is 5. The summed E-state index contributed by atoms with van der Waals surface area (Å²) < 4.78 is 12.8. The molecule has 1 aromatic carbocycles. The molecular formula is C20H24N4O4. The molecule has 2 aliphatic heterocycles. The van der Waals surface area contributed by atoms with E-state index in [9.17, 15) is 9.59 Å². The molecule has 0 saturated carbocycles. The molecule has 28 heavy (non-hydrogen) atoms. The van der Waals surface area contributed by atoms with E-state index in [0.29, 0.717) is 44.2 Å². The summed E-state index contributed by atoms with van der Waals surface area (Å²) in [5.74, 6) is 1.22. The van der Waals surface area contributed by atoms with Gasteiger partial charge in [-0.1, -0.05) is 18.2 Å². The monoisotopic (exact) mass is 384 g/mol. The van der Waals surface area contributed by atoms with E-state index in [2.05, 4.69) is 10.3 Å². The van der Waals surface area contributed by atoms with Gasteiger partial charge in [0.1, 0.15) is 17.3 Å². The van der Waals surface area contributed by atoms with Gasteiger partial charge in [-0.15, -0.1) is 0 Å². The molecule has 0 spiro atoms. The van der Waals surface area contributed by atoms with Crippen LogP contribution in [0.3, 0.4) is 0 Å². The van der Waals surface area contributed by atoms with Gasteiger partial charge in [-0.3, -0.25) is 9.59 Å². The van der Waals surface area contributed by atoms with Gasteiger partial charge in [-0.05, 0) is 18.6 Å². The van der Waals surface area contributed by atoms with Gasteiger partial charge in [0, 0.05) is 39.4 Å². The lowest BCUT2D eigenvalue weighted by Gasteiger charge is -2.35. The first-order valence-electron chi connectivity index (χ1n) is 9.47. The Kier molecular flexibility index (Phi) is 5.04. The molecule has 2 atom stereocenters. The Labute approximate surface area is 163 Å². The predicted molar refractivity (Wildman–Crippen MR) is 101 cm³/mol. The summed E-state index contributed by atoms with van der Waals surface area (Å²) in [7, 11) is 1.58. The van der Waals surface area contributed by atoms with Crippen LogP contribution in [0.5, 0.6) is 5.75 Å². The number of nitrogens with one attached hydrogen (secondary N) is 1. The largest absolute Gasteiger partial charge is 0.480 e. The summed E-state index contributed by atoms with van der Waals surface area (Å²) in [6, 6.07) is 7.52. The number of nitrogens with zero attached hydrogens (tertiary/aromatic N) is 3. The fourth-order valence-corrected chi connectivity index (χ4v) is 3.76. The minimum atomic E-state index is -0.502. The lowest BCUT2D eigenvalue weighted by molar-refractivity contribution is -0.141. The Balaban J connectivity index is 1.45. The zero-order valence-electron chi connectivity index (χ0n) is 16.1. The highest BCUT2D eigenvalue weighted by atomic mass is 16.5. The Bertz CT molecular complexity index is 869. The van der Waals surface area contributed by atoms with E-state index >= 15 is 0 Å². The van der Waals surface area contributed by atoms with Crippen molar-refractivity contribution < 1.29 is 19.1 Å². The van der Waals surface area contributed by atoms with Crippen molar-refractivity contribution in [2.24, 2.45) is 0 Å². The average Bonchev–Trinajstić information content (AvgIpc) is 3.32. The number of amides is 2. The Morgan fingerprint density at radius 2 is 2.14 bits per heavy atom. The Hall–Kier alpha value is -2.87. The van der Waals surface area contributed by atoms with Crippen molar-refractivity contribution in [3.05, 3.63) is 47.5 Å². The molecule has 3 heterocycles. The van der Waals surface area contributed by atoms with E-state index in [1.165, 1.54) is 0 Å². The minimum absolute atomic E-state index is 0.0379. The number of benzene rings is 1. The van der Waals surface area contributed by atoms with Crippen molar-refractivity contribution in [3.63, 3.8) is 0 Å². The summed E-state index contributed by atoms with van der Waals surface area (Å²) in [5.41, 5.74) is 1.42. The van der Waals surface area contributed by atoms with E-state index in [1.807, 2.05) is 35.8 Å². The molecule has 0 bridgehead atoms. The summed E-state index contributed by atoms with van der Waals surface area (Å²) in [6.07, 6.45) is 1.83. The fourth-order valence-electron chi connectivity index (χ4n) is 3.76. The smallest absolute Gasteiger partial charge is 0.271 e. The normalized spacial score (nSPS) is 20.3. The number of hydrogen-bond donors (Lipinski definition) is 1. The van der Waals surface area contributed by atoms with Crippen molar-refractivity contribution in [2.75, 3.05) is 26.8 Å². The third-order valence-corrected chi connectivity index (χ3v) is 5.26. The number of hydrogen-bond acceptors (Lipinski definition) is 5. The van der Waals surface area contributed by atoms with Crippen LogP contribution in [0.1, 0.15) is 34.8 Å². The highest BCUT2D eigenvalue weighted by Crippen LogP contribution is 2.32. The van der Waals surface area contributed by atoms with Crippen LogP contribution in [-0.4, -0.2) is 59.2 Å². The molecule has 0 fully saturated rings.